The summed E-state index contributed by atoms with van der Waals surface area (Å²) in [7, 11) is 1.64. The third-order valence-electron chi connectivity index (χ3n) is 5.35. The Morgan fingerprint density at radius 3 is 2.55 bits per heavy atom. The van der Waals surface area contributed by atoms with Crippen molar-refractivity contribution in [2.75, 3.05) is 43.5 Å². The minimum absolute atomic E-state index is 0.121. The Labute approximate surface area is 186 Å². The van der Waals surface area contributed by atoms with Crippen LogP contribution in [0.25, 0.3) is 11.3 Å². The van der Waals surface area contributed by atoms with Crippen LogP contribution in [0.4, 0.5) is 16.3 Å². The fourth-order valence-electron chi connectivity index (χ4n) is 3.49. The van der Waals surface area contributed by atoms with Gasteiger partial charge >= 0.3 is 6.03 Å². The number of nitrogens with zero attached hydrogens (tertiary/aromatic N) is 4. The van der Waals surface area contributed by atoms with Gasteiger partial charge in [-0.25, -0.2) is 4.79 Å². The molecule has 0 saturated carbocycles. The number of aromatic nitrogens is 2. The Balaban J connectivity index is 1.36. The number of anilines is 2. The van der Waals surface area contributed by atoms with Crippen molar-refractivity contribution in [2.45, 2.75) is 6.92 Å². The number of hydrogen-bond acceptors (Lipinski definition) is 5. The monoisotopic (exact) mass is 437 g/mol. The first kappa shape index (κ1) is 20.9. The van der Waals surface area contributed by atoms with Gasteiger partial charge in [0.2, 0.25) is 0 Å². The van der Waals surface area contributed by atoms with Gasteiger partial charge in [0, 0.05) is 42.5 Å². The van der Waals surface area contributed by atoms with E-state index in [1.54, 1.807) is 18.1 Å². The maximum Gasteiger partial charge on any atom is 0.321 e. The number of urea groups is 1. The second kappa shape index (κ2) is 9.22. The summed E-state index contributed by atoms with van der Waals surface area (Å²) >= 11 is 6.05. The van der Waals surface area contributed by atoms with Crippen molar-refractivity contribution in [3.63, 3.8) is 0 Å². The molecule has 0 unspecified atom stereocenters. The number of aryl methyl sites for hydroxylation is 1. The number of rotatable bonds is 4. The molecule has 4 rings (SSSR count). The van der Waals surface area contributed by atoms with Crippen molar-refractivity contribution in [1.82, 2.24) is 15.1 Å². The molecule has 3 aromatic rings. The first-order chi connectivity index (χ1) is 15.0. The molecular formula is C23H24ClN5O2. The first-order valence-electron chi connectivity index (χ1n) is 10.1. The number of nitrogens with one attached hydrogen (secondary N) is 1. The largest absolute Gasteiger partial charge is 0.497 e. The Bertz CT molecular complexity index is 1070. The van der Waals surface area contributed by atoms with Gasteiger partial charge in [-0.15, -0.1) is 10.2 Å². The van der Waals surface area contributed by atoms with Crippen LogP contribution in [-0.4, -0.2) is 54.4 Å². The van der Waals surface area contributed by atoms with Crippen LogP contribution in [0, 0.1) is 6.92 Å². The summed E-state index contributed by atoms with van der Waals surface area (Å²) in [4.78, 5) is 16.6. The molecule has 1 aliphatic rings. The van der Waals surface area contributed by atoms with Crippen LogP contribution >= 0.6 is 11.6 Å². The highest BCUT2D eigenvalue weighted by Crippen LogP contribution is 2.24. The summed E-state index contributed by atoms with van der Waals surface area (Å²) in [5.74, 6) is 1.59. The molecule has 0 radical (unpaired) electrons. The van der Waals surface area contributed by atoms with Gasteiger partial charge in [0.15, 0.2) is 5.82 Å². The van der Waals surface area contributed by atoms with Crippen molar-refractivity contribution in [2.24, 2.45) is 0 Å². The van der Waals surface area contributed by atoms with E-state index in [0.717, 1.165) is 34.1 Å². The molecule has 0 bridgehead atoms. The molecule has 7 nitrogen and oxygen atoms in total. The van der Waals surface area contributed by atoms with E-state index in [4.69, 9.17) is 16.3 Å². The SMILES string of the molecule is COc1cccc(-c2ccc(N3CCN(C(=O)Nc4cc(Cl)ccc4C)CC3)nn2)c1. The maximum atomic E-state index is 12.6. The Hall–Kier alpha value is -3.32. The van der Waals surface area contributed by atoms with Crippen LogP contribution in [0.3, 0.4) is 0 Å². The van der Waals surface area contributed by atoms with Gasteiger partial charge in [0.05, 0.1) is 12.8 Å². The van der Waals surface area contributed by atoms with Gasteiger partial charge in [0.25, 0.3) is 0 Å². The minimum atomic E-state index is -0.121. The number of methoxy groups -OCH3 is 1. The zero-order valence-electron chi connectivity index (χ0n) is 17.5. The van der Waals surface area contributed by atoms with Crippen LogP contribution in [0.5, 0.6) is 5.75 Å². The summed E-state index contributed by atoms with van der Waals surface area (Å²) in [5.41, 5.74) is 3.45. The van der Waals surface area contributed by atoms with E-state index < -0.39 is 0 Å². The molecule has 1 fully saturated rings. The van der Waals surface area contributed by atoms with E-state index in [1.807, 2.05) is 55.5 Å². The molecular weight excluding hydrogens is 414 g/mol. The third-order valence-corrected chi connectivity index (χ3v) is 5.58. The molecule has 31 heavy (non-hydrogen) atoms. The lowest BCUT2D eigenvalue weighted by Crippen LogP contribution is -2.50. The van der Waals surface area contributed by atoms with Gasteiger partial charge in [0.1, 0.15) is 5.75 Å². The molecule has 1 saturated heterocycles. The van der Waals surface area contributed by atoms with Crippen LogP contribution in [0.2, 0.25) is 5.02 Å². The number of carbonyl (C=O) groups is 1. The highest BCUT2D eigenvalue weighted by molar-refractivity contribution is 6.31. The molecule has 0 atom stereocenters. The van der Waals surface area contributed by atoms with E-state index in [9.17, 15) is 4.79 Å². The lowest BCUT2D eigenvalue weighted by atomic mass is 10.1. The van der Waals surface area contributed by atoms with Gasteiger partial charge < -0.3 is 19.9 Å². The Morgan fingerprint density at radius 2 is 1.84 bits per heavy atom. The number of piperazine rings is 1. The van der Waals surface area contributed by atoms with Crippen LogP contribution in [-0.2, 0) is 0 Å². The predicted molar refractivity (Wildman–Crippen MR) is 123 cm³/mol. The van der Waals surface area contributed by atoms with Gasteiger partial charge in [-0.05, 0) is 48.9 Å². The zero-order valence-corrected chi connectivity index (χ0v) is 18.3. The minimum Gasteiger partial charge on any atom is -0.497 e. The molecule has 160 valence electrons. The van der Waals surface area contributed by atoms with Crippen molar-refractivity contribution < 1.29 is 9.53 Å². The average molecular weight is 438 g/mol. The standard InChI is InChI=1S/C23H24ClN5O2/c1-16-6-7-18(24)15-21(16)25-23(30)29-12-10-28(11-13-29)22-9-8-20(26-27-22)17-4-3-5-19(14-17)31-2/h3-9,14-15H,10-13H2,1-2H3,(H,25,30). The van der Waals surface area contributed by atoms with Crippen LogP contribution < -0.4 is 15.0 Å². The highest BCUT2D eigenvalue weighted by atomic mass is 35.5. The van der Waals surface area contributed by atoms with Crippen LogP contribution in [0.15, 0.2) is 54.6 Å². The molecule has 2 aromatic carbocycles. The second-order valence-corrected chi connectivity index (χ2v) is 7.81. The lowest BCUT2D eigenvalue weighted by Gasteiger charge is -2.35. The topological polar surface area (TPSA) is 70.6 Å². The summed E-state index contributed by atoms with van der Waals surface area (Å²) in [5, 5.41) is 12.3. The Morgan fingerprint density at radius 1 is 1.03 bits per heavy atom. The van der Waals surface area contributed by atoms with Gasteiger partial charge in [-0.3, -0.25) is 0 Å². The average Bonchev–Trinajstić information content (AvgIpc) is 2.81. The number of hydrogen-bond donors (Lipinski definition) is 1. The lowest BCUT2D eigenvalue weighted by molar-refractivity contribution is 0.208. The zero-order chi connectivity index (χ0) is 21.8. The predicted octanol–water partition coefficient (Wildman–Crippen LogP) is 4.47. The van der Waals surface area contributed by atoms with E-state index in [2.05, 4.69) is 20.4 Å². The van der Waals surface area contributed by atoms with Crippen molar-refractivity contribution in [3.05, 3.63) is 65.2 Å². The number of carbonyl (C=O) groups excluding carboxylic acids is 1. The Kier molecular flexibility index (Phi) is 6.23. The molecule has 1 N–H and O–H groups in total. The molecule has 1 aromatic heterocycles. The first-order valence-corrected chi connectivity index (χ1v) is 10.5. The van der Waals surface area contributed by atoms with Crippen LogP contribution in [0.1, 0.15) is 5.56 Å². The third kappa shape index (κ3) is 4.88. The molecule has 0 aliphatic carbocycles. The maximum absolute atomic E-state index is 12.6. The molecule has 1 aliphatic heterocycles. The van der Waals surface area contributed by atoms with Gasteiger partial charge in [-0.2, -0.15) is 0 Å². The van der Waals surface area contributed by atoms with E-state index in [1.165, 1.54) is 0 Å². The van der Waals surface area contributed by atoms with E-state index in [0.29, 0.717) is 31.2 Å². The summed E-state index contributed by atoms with van der Waals surface area (Å²) < 4.78 is 5.27. The fourth-order valence-corrected chi connectivity index (χ4v) is 3.66. The van der Waals surface area contributed by atoms with E-state index in [-0.39, 0.29) is 6.03 Å². The smallest absolute Gasteiger partial charge is 0.321 e. The van der Waals surface area contributed by atoms with Gasteiger partial charge in [-0.1, -0.05) is 29.8 Å². The fraction of sp³-hybridized carbons (Fsp3) is 0.261. The summed E-state index contributed by atoms with van der Waals surface area (Å²) in [6, 6.07) is 17.0. The quantitative estimate of drug-likeness (QED) is 0.652. The highest BCUT2D eigenvalue weighted by Gasteiger charge is 2.22. The summed E-state index contributed by atoms with van der Waals surface area (Å²) in [6.07, 6.45) is 0. The summed E-state index contributed by atoms with van der Waals surface area (Å²) in [6.45, 7) is 4.53. The number of ether oxygens (including phenoxy) is 1. The number of benzene rings is 2. The van der Waals surface area contributed by atoms with Crippen molar-refractivity contribution in [1.29, 1.82) is 0 Å². The second-order valence-electron chi connectivity index (χ2n) is 7.37. The van der Waals surface area contributed by atoms with E-state index >= 15 is 0 Å². The number of amides is 2. The van der Waals surface area contributed by atoms with Crippen molar-refractivity contribution >= 4 is 29.1 Å². The molecule has 2 heterocycles. The normalized spacial score (nSPS) is 13.8. The number of halogens is 1. The van der Waals surface area contributed by atoms with Crippen molar-refractivity contribution in [3.8, 4) is 17.0 Å². The molecule has 8 heteroatoms. The molecule has 2 amide bonds. The molecule has 0 spiro atoms.